The average Bonchev–Trinajstić information content (AvgIpc) is 2.54. The molecule has 0 amide bonds. The summed E-state index contributed by atoms with van der Waals surface area (Å²) in [5, 5.41) is 11.9. The minimum absolute atomic E-state index is 0.514. The molecule has 1 aliphatic heterocycles. The first-order chi connectivity index (χ1) is 5.86. The number of piperidine rings is 1. The van der Waals surface area contributed by atoms with Gasteiger partial charge < -0.3 is 5.32 Å². The van der Waals surface area contributed by atoms with E-state index in [0.29, 0.717) is 6.04 Å². The summed E-state index contributed by atoms with van der Waals surface area (Å²) in [6, 6.07) is 0.514. The SMILES string of the molecule is Cc1cnn(C2CCNCC2)n1. The van der Waals surface area contributed by atoms with Gasteiger partial charge in [0.1, 0.15) is 0 Å². The minimum atomic E-state index is 0.514. The Hall–Kier alpha value is -0.900. The molecule has 4 heteroatoms. The lowest BCUT2D eigenvalue weighted by Crippen LogP contribution is -2.30. The van der Waals surface area contributed by atoms with Crippen LogP contribution in [0.3, 0.4) is 0 Å². The highest BCUT2D eigenvalue weighted by atomic mass is 15.5. The first kappa shape index (κ1) is 7.73. The lowest BCUT2D eigenvalue weighted by atomic mass is 10.1. The molecule has 0 radical (unpaired) electrons. The summed E-state index contributed by atoms with van der Waals surface area (Å²) in [5.74, 6) is 0. The zero-order chi connectivity index (χ0) is 8.39. The molecule has 4 nitrogen and oxygen atoms in total. The normalized spacial score (nSPS) is 19.8. The highest BCUT2D eigenvalue weighted by Gasteiger charge is 2.15. The van der Waals surface area contributed by atoms with Crippen molar-refractivity contribution in [2.75, 3.05) is 13.1 Å². The molecule has 1 fully saturated rings. The zero-order valence-electron chi connectivity index (χ0n) is 7.32. The van der Waals surface area contributed by atoms with E-state index in [0.717, 1.165) is 31.6 Å². The smallest absolute Gasteiger partial charge is 0.0796 e. The summed E-state index contributed by atoms with van der Waals surface area (Å²) in [5.41, 5.74) is 1.01. The van der Waals surface area contributed by atoms with E-state index in [4.69, 9.17) is 0 Å². The highest BCUT2D eigenvalue weighted by Crippen LogP contribution is 2.15. The van der Waals surface area contributed by atoms with Crippen LogP contribution < -0.4 is 5.32 Å². The van der Waals surface area contributed by atoms with Crippen LogP contribution in [-0.4, -0.2) is 28.1 Å². The zero-order valence-corrected chi connectivity index (χ0v) is 7.32. The summed E-state index contributed by atoms with van der Waals surface area (Å²) in [6.07, 6.45) is 4.12. The van der Waals surface area contributed by atoms with Crippen molar-refractivity contribution in [2.45, 2.75) is 25.8 Å². The van der Waals surface area contributed by atoms with Gasteiger partial charge in [-0.15, -0.1) is 0 Å². The third kappa shape index (κ3) is 1.48. The minimum Gasteiger partial charge on any atom is -0.317 e. The molecule has 0 spiro atoms. The molecule has 0 aliphatic carbocycles. The van der Waals surface area contributed by atoms with Crippen LogP contribution in [0, 0.1) is 6.92 Å². The van der Waals surface area contributed by atoms with Gasteiger partial charge >= 0.3 is 0 Å². The maximum Gasteiger partial charge on any atom is 0.0796 e. The molecule has 66 valence electrons. The third-order valence-electron chi connectivity index (χ3n) is 2.26. The fraction of sp³-hybridized carbons (Fsp3) is 0.750. The standard InChI is InChI=1S/C8H14N4/c1-7-6-10-12(11-7)8-2-4-9-5-3-8/h6,8-9H,2-5H2,1H3. The molecule has 2 rings (SSSR count). The van der Waals surface area contributed by atoms with Gasteiger partial charge in [0, 0.05) is 0 Å². The number of nitrogens with one attached hydrogen (secondary N) is 1. The van der Waals surface area contributed by atoms with Gasteiger partial charge in [-0.25, -0.2) is 0 Å². The largest absolute Gasteiger partial charge is 0.317 e. The van der Waals surface area contributed by atoms with Crippen LogP contribution in [0.2, 0.25) is 0 Å². The topological polar surface area (TPSA) is 42.7 Å². The Morgan fingerprint density at radius 3 is 2.83 bits per heavy atom. The van der Waals surface area contributed by atoms with E-state index in [1.807, 2.05) is 17.9 Å². The molecule has 1 saturated heterocycles. The van der Waals surface area contributed by atoms with Crippen LogP contribution in [0.1, 0.15) is 24.6 Å². The van der Waals surface area contributed by atoms with E-state index in [9.17, 15) is 0 Å². The molecular formula is C8H14N4. The van der Waals surface area contributed by atoms with Crippen LogP contribution >= 0.6 is 0 Å². The van der Waals surface area contributed by atoms with Crippen LogP contribution in [-0.2, 0) is 0 Å². The maximum atomic E-state index is 4.31. The number of rotatable bonds is 1. The van der Waals surface area contributed by atoms with Crippen molar-refractivity contribution in [3.05, 3.63) is 11.9 Å². The molecular weight excluding hydrogens is 152 g/mol. The quantitative estimate of drug-likeness (QED) is 0.661. The van der Waals surface area contributed by atoms with Crippen LogP contribution in [0.15, 0.2) is 6.20 Å². The summed E-state index contributed by atoms with van der Waals surface area (Å²) < 4.78 is 0. The molecule has 0 unspecified atom stereocenters. The van der Waals surface area contributed by atoms with Crippen molar-refractivity contribution in [3.63, 3.8) is 0 Å². The molecule has 12 heavy (non-hydrogen) atoms. The molecule has 2 heterocycles. The molecule has 1 aromatic heterocycles. The molecule has 0 aromatic carbocycles. The number of nitrogens with zero attached hydrogens (tertiary/aromatic N) is 3. The Balaban J connectivity index is 2.08. The Labute approximate surface area is 72.0 Å². The first-order valence-electron chi connectivity index (χ1n) is 4.45. The molecule has 1 N–H and O–H groups in total. The van der Waals surface area contributed by atoms with E-state index in [2.05, 4.69) is 15.5 Å². The maximum absolute atomic E-state index is 4.31. The first-order valence-corrected chi connectivity index (χ1v) is 4.45. The number of hydrogen-bond acceptors (Lipinski definition) is 3. The summed E-state index contributed by atoms with van der Waals surface area (Å²) in [4.78, 5) is 1.86. The number of aryl methyl sites for hydroxylation is 1. The van der Waals surface area contributed by atoms with E-state index < -0.39 is 0 Å². The number of aromatic nitrogens is 3. The van der Waals surface area contributed by atoms with Gasteiger partial charge in [-0.1, -0.05) is 0 Å². The monoisotopic (exact) mass is 166 g/mol. The summed E-state index contributed by atoms with van der Waals surface area (Å²) in [6.45, 7) is 4.15. The molecule has 0 atom stereocenters. The van der Waals surface area contributed by atoms with Gasteiger partial charge in [0.15, 0.2) is 0 Å². The Morgan fingerprint density at radius 1 is 1.50 bits per heavy atom. The molecule has 1 aromatic rings. The van der Waals surface area contributed by atoms with Crippen molar-refractivity contribution in [2.24, 2.45) is 0 Å². The Bertz CT molecular complexity index is 249. The molecule has 0 bridgehead atoms. The van der Waals surface area contributed by atoms with E-state index in [-0.39, 0.29) is 0 Å². The lowest BCUT2D eigenvalue weighted by molar-refractivity contribution is 0.313. The van der Waals surface area contributed by atoms with Gasteiger partial charge in [0.05, 0.1) is 17.9 Å². The van der Waals surface area contributed by atoms with Crippen molar-refractivity contribution >= 4 is 0 Å². The second kappa shape index (κ2) is 3.23. The van der Waals surface area contributed by atoms with Crippen LogP contribution in [0.25, 0.3) is 0 Å². The third-order valence-corrected chi connectivity index (χ3v) is 2.26. The molecule has 1 aliphatic rings. The van der Waals surface area contributed by atoms with Crippen molar-refractivity contribution in [1.82, 2.24) is 20.3 Å². The van der Waals surface area contributed by atoms with Crippen molar-refractivity contribution in [1.29, 1.82) is 0 Å². The van der Waals surface area contributed by atoms with Gasteiger partial charge in [0.25, 0.3) is 0 Å². The average molecular weight is 166 g/mol. The van der Waals surface area contributed by atoms with E-state index in [1.54, 1.807) is 0 Å². The predicted octanol–water partition coefficient (Wildman–Crippen LogP) is 0.511. The van der Waals surface area contributed by atoms with Gasteiger partial charge in [-0.2, -0.15) is 15.0 Å². The Kier molecular flexibility index (Phi) is 2.08. The fourth-order valence-corrected chi connectivity index (χ4v) is 1.57. The molecule has 0 saturated carbocycles. The van der Waals surface area contributed by atoms with Crippen LogP contribution in [0.5, 0.6) is 0 Å². The number of hydrogen-bond donors (Lipinski definition) is 1. The summed E-state index contributed by atoms with van der Waals surface area (Å²) >= 11 is 0. The van der Waals surface area contributed by atoms with Crippen molar-refractivity contribution < 1.29 is 0 Å². The summed E-state index contributed by atoms with van der Waals surface area (Å²) in [7, 11) is 0. The lowest BCUT2D eigenvalue weighted by Gasteiger charge is -2.21. The fourth-order valence-electron chi connectivity index (χ4n) is 1.57. The van der Waals surface area contributed by atoms with Gasteiger partial charge in [0.2, 0.25) is 0 Å². The highest BCUT2D eigenvalue weighted by molar-refractivity contribution is 4.86. The van der Waals surface area contributed by atoms with Gasteiger partial charge in [-0.3, -0.25) is 0 Å². The Morgan fingerprint density at radius 2 is 2.25 bits per heavy atom. The van der Waals surface area contributed by atoms with Crippen LogP contribution in [0.4, 0.5) is 0 Å². The van der Waals surface area contributed by atoms with E-state index in [1.165, 1.54) is 0 Å². The second-order valence-electron chi connectivity index (χ2n) is 3.29. The predicted molar refractivity (Wildman–Crippen MR) is 45.9 cm³/mol. The second-order valence-corrected chi connectivity index (χ2v) is 3.29. The van der Waals surface area contributed by atoms with Crippen molar-refractivity contribution in [3.8, 4) is 0 Å². The van der Waals surface area contributed by atoms with E-state index >= 15 is 0 Å². The van der Waals surface area contributed by atoms with Gasteiger partial charge in [-0.05, 0) is 32.9 Å².